The van der Waals surface area contributed by atoms with Crippen LogP contribution in [-0.2, 0) is 0 Å². The van der Waals surface area contributed by atoms with Crippen LogP contribution in [0.4, 0.5) is 5.69 Å². The van der Waals surface area contributed by atoms with Crippen LogP contribution >= 0.6 is 12.4 Å². The highest BCUT2D eigenvalue weighted by molar-refractivity contribution is 5.85. The predicted octanol–water partition coefficient (Wildman–Crippen LogP) is 3.45. The minimum Gasteiger partial charge on any atom is -0.324 e. The van der Waals surface area contributed by atoms with Crippen molar-refractivity contribution in [2.45, 2.75) is 32.7 Å². The van der Waals surface area contributed by atoms with Gasteiger partial charge in [-0.25, -0.2) is 0 Å². The molecule has 0 heterocycles. The molecule has 4 nitrogen and oxygen atoms in total. The third kappa shape index (κ3) is 5.15. The van der Waals surface area contributed by atoms with Crippen molar-refractivity contribution in [1.82, 2.24) is 0 Å². The molecule has 0 aromatic heterocycles. The molecule has 0 amide bonds. The summed E-state index contributed by atoms with van der Waals surface area (Å²) in [6.45, 7) is 4.31. The first-order chi connectivity index (χ1) is 7.50. The van der Waals surface area contributed by atoms with E-state index in [1.807, 2.05) is 0 Å². The Morgan fingerprint density at radius 1 is 1.24 bits per heavy atom. The fourth-order valence-corrected chi connectivity index (χ4v) is 1.52. The molecule has 1 aromatic rings. The van der Waals surface area contributed by atoms with Gasteiger partial charge in [-0.2, -0.15) is 0 Å². The Balaban J connectivity index is 0.00000256. The number of benzene rings is 1. The Bertz CT molecular complexity index is 352. The zero-order valence-electron chi connectivity index (χ0n) is 10.1. The average molecular weight is 259 g/mol. The van der Waals surface area contributed by atoms with Gasteiger partial charge in [0, 0.05) is 18.2 Å². The summed E-state index contributed by atoms with van der Waals surface area (Å²) in [7, 11) is 0. The van der Waals surface area contributed by atoms with E-state index >= 15 is 0 Å². The van der Waals surface area contributed by atoms with Gasteiger partial charge in [0.05, 0.1) is 4.92 Å². The second-order valence-electron chi connectivity index (χ2n) is 4.43. The lowest BCUT2D eigenvalue weighted by atomic mass is 9.98. The van der Waals surface area contributed by atoms with Crippen LogP contribution in [0.2, 0.25) is 0 Å². The van der Waals surface area contributed by atoms with Gasteiger partial charge in [0.15, 0.2) is 0 Å². The molecule has 0 spiro atoms. The van der Waals surface area contributed by atoms with Crippen molar-refractivity contribution >= 4 is 18.1 Å². The molecule has 0 aliphatic carbocycles. The average Bonchev–Trinajstić information content (AvgIpc) is 2.26. The first kappa shape index (κ1) is 15.9. The van der Waals surface area contributed by atoms with Crippen molar-refractivity contribution in [2.24, 2.45) is 11.7 Å². The molecular weight excluding hydrogens is 240 g/mol. The highest BCUT2D eigenvalue weighted by atomic mass is 35.5. The fourth-order valence-electron chi connectivity index (χ4n) is 1.52. The van der Waals surface area contributed by atoms with E-state index in [1.54, 1.807) is 12.1 Å². The number of halogens is 1. The second kappa shape index (κ2) is 7.25. The molecule has 17 heavy (non-hydrogen) atoms. The minimum absolute atomic E-state index is 0. The molecule has 0 bridgehead atoms. The Morgan fingerprint density at radius 2 is 1.76 bits per heavy atom. The maximum Gasteiger partial charge on any atom is 0.269 e. The maximum atomic E-state index is 10.5. The van der Waals surface area contributed by atoms with E-state index in [0.717, 1.165) is 18.4 Å². The summed E-state index contributed by atoms with van der Waals surface area (Å²) in [5, 5.41) is 10.5. The van der Waals surface area contributed by atoms with Gasteiger partial charge in [0.1, 0.15) is 0 Å². The summed E-state index contributed by atoms with van der Waals surface area (Å²) in [4.78, 5) is 10.1. The van der Waals surface area contributed by atoms with Crippen LogP contribution in [0.15, 0.2) is 24.3 Å². The smallest absolute Gasteiger partial charge is 0.269 e. The van der Waals surface area contributed by atoms with Gasteiger partial charge in [0.25, 0.3) is 5.69 Å². The molecule has 1 rings (SSSR count). The zero-order chi connectivity index (χ0) is 12.1. The van der Waals surface area contributed by atoms with Gasteiger partial charge < -0.3 is 5.73 Å². The lowest BCUT2D eigenvalue weighted by Gasteiger charge is -2.13. The van der Waals surface area contributed by atoms with E-state index < -0.39 is 4.92 Å². The topological polar surface area (TPSA) is 69.2 Å². The third-order valence-electron chi connectivity index (χ3n) is 2.59. The van der Waals surface area contributed by atoms with Crippen molar-refractivity contribution in [3.63, 3.8) is 0 Å². The van der Waals surface area contributed by atoms with Crippen molar-refractivity contribution in [1.29, 1.82) is 0 Å². The highest BCUT2D eigenvalue weighted by Crippen LogP contribution is 2.21. The Labute approximate surface area is 108 Å². The van der Waals surface area contributed by atoms with Crippen molar-refractivity contribution in [3.05, 3.63) is 39.9 Å². The molecule has 1 atom stereocenters. The summed E-state index contributed by atoms with van der Waals surface area (Å²) in [6.07, 6.45) is 1.98. The number of nitro benzene ring substituents is 1. The largest absolute Gasteiger partial charge is 0.324 e. The quantitative estimate of drug-likeness (QED) is 0.650. The fraction of sp³-hybridized carbons (Fsp3) is 0.500. The zero-order valence-corrected chi connectivity index (χ0v) is 10.9. The first-order valence-electron chi connectivity index (χ1n) is 5.50. The van der Waals surface area contributed by atoms with Crippen LogP contribution < -0.4 is 5.73 Å². The first-order valence-corrected chi connectivity index (χ1v) is 5.50. The van der Waals surface area contributed by atoms with Crippen molar-refractivity contribution in [2.75, 3.05) is 0 Å². The molecule has 96 valence electrons. The number of non-ortho nitro benzene ring substituents is 1. The lowest BCUT2D eigenvalue weighted by Crippen LogP contribution is -2.11. The molecule has 0 saturated heterocycles. The van der Waals surface area contributed by atoms with Gasteiger partial charge in [-0.3, -0.25) is 10.1 Å². The monoisotopic (exact) mass is 258 g/mol. The van der Waals surface area contributed by atoms with E-state index in [0.29, 0.717) is 5.92 Å². The maximum absolute atomic E-state index is 10.5. The van der Waals surface area contributed by atoms with E-state index in [-0.39, 0.29) is 24.1 Å². The van der Waals surface area contributed by atoms with Crippen LogP contribution in [0.1, 0.15) is 38.3 Å². The van der Waals surface area contributed by atoms with Crippen LogP contribution in [0.5, 0.6) is 0 Å². The van der Waals surface area contributed by atoms with Crippen molar-refractivity contribution < 1.29 is 4.92 Å². The van der Waals surface area contributed by atoms with Gasteiger partial charge in [-0.1, -0.05) is 26.0 Å². The van der Waals surface area contributed by atoms with Crippen LogP contribution in [0, 0.1) is 16.0 Å². The molecule has 5 heteroatoms. The number of hydrogen-bond acceptors (Lipinski definition) is 3. The molecule has 0 saturated carbocycles. The van der Waals surface area contributed by atoms with Crippen LogP contribution in [0.3, 0.4) is 0 Å². The van der Waals surface area contributed by atoms with E-state index in [9.17, 15) is 10.1 Å². The Kier molecular flexibility index (Phi) is 6.76. The van der Waals surface area contributed by atoms with E-state index in [2.05, 4.69) is 13.8 Å². The molecule has 2 N–H and O–H groups in total. The van der Waals surface area contributed by atoms with E-state index in [4.69, 9.17) is 5.73 Å². The van der Waals surface area contributed by atoms with E-state index in [1.165, 1.54) is 12.1 Å². The number of nitrogens with zero attached hydrogens (tertiary/aromatic N) is 1. The highest BCUT2D eigenvalue weighted by Gasteiger charge is 2.09. The second-order valence-corrected chi connectivity index (χ2v) is 4.43. The predicted molar refractivity (Wildman–Crippen MR) is 71.3 cm³/mol. The molecule has 0 aliphatic heterocycles. The standard InChI is InChI=1S/C12H18N2O2.ClH/c1-9(2)3-8-12(13)10-4-6-11(7-5-10)14(15)16;/h4-7,9,12H,3,8,13H2,1-2H3;1H/t12-;/m0./s1. The number of rotatable bonds is 5. The molecular formula is C12H19ClN2O2. The molecule has 0 fully saturated rings. The van der Waals surface area contributed by atoms with Crippen LogP contribution in [0.25, 0.3) is 0 Å². The molecule has 0 unspecified atom stereocenters. The minimum atomic E-state index is -0.399. The Hall–Kier alpha value is -1.13. The summed E-state index contributed by atoms with van der Waals surface area (Å²) in [5.41, 5.74) is 7.07. The Morgan fingerprint density at radius 3 is 2.18 bits per heavy atom. The summed E-state index contributed by atoms with van der Waals surface area (Å²) in [6, 6.07) is 6.46. The summed E-state index contributed by atoms with van der Waals surface area (Å²) in [5.74, 6) is 0.629. The number of nitrogens with two attached hydrogens (primary N) is 1. The molecule has 0 radical (unpaired) electrons. The van der Waals surface area contributed by atoms with Gasteiger partial charge in [-0.15, -0.1) is 12.4 Å². The molecule has 1 aromatic carbocycles. The third-order valence-corrected chi connectivity index (χ3v) is 2.59. The number of nitro groups is 1. The summed E-state index contributed by atoms with van der Waals surface area (Å²) < 4.78 is 0. The molecule has 0 aliphatic rings. The van der Waals surface area contributed by atoms with Crippen molar-refractivity contribution in [3.8, 4) is 0 Å². The lowest BCUT2D eigenvalue weighted by molar-refractivity contribution is -0.384. The van der Waals surface area contributed by atoms with Gasteiger partial charge in [-0.05, 0) is 24.3 Å². The van der Waals surface area contributed by atoms with Gasteiger partial charge >= 0.3 is 0 Å². The summed E-state index contributed by atoms with van der Waals surface area (Å²) >= 11 is 0. The van der Waals surface area contributed by atoms with Gasteiger partial charge in [0.2, 0.25) is 0 Å². The SMILES string of the molecule is CC(C)CC[C@H](N)c1ccc([N+](=O)[O-])cc1.Cl. The number of hydrogen-bond donors (Lipinski definition) is 1. The van der Waals surface area contributed by atoms with Crippen LogP contribution in [-0.4, -0.2) is 4.92 Å². The normalized spacial score (nSPS) is 12.0.